The number of carbonyl (C=O) groups is 2. The predicted octanol–water partition coefficient (Wildman–Crippen LogP) is -2.29. The Morgan fingerprint density at radius 2 is 1.73 bits per heavy atom. The lowest BCUT2D eigenvalue weighted by Crippen LogP contribution is -2.49. The van der Waals surface area contributed by atoms with Gasteiger partial charge in [-0.3, -0.25) is 4.79 Å². The summed E-state index contributed by atoms with van der Waals surface area (Å²) in [7, 11) is 15.2. The number of aromatic nitrogens is 4. The highest BCUT2D eigenvalue weighted by atomic mass is 16.1. The zero-order valence-corrected chi connectivity index (χ0v) is 16.2. The molecule has 0 bridgehead atoms. The van der Waals surface area contributed by atoms with E-state index in [1.165, 1.54) is 6.92 Å². The van der Waals surface area contributed by atoms with Crippen LogP contribution in [0, 0.1) is 0 Å². The van der Waals surface area contributed by atoms with Crippen molar-refractivity contribution in [1.29, 1.82) is 0 Å². The lowest BCUT2D eigenvalue weighted by atomic mass is 9.72. The zero-order chi connectivity index (χ0) is 20.3. The van der Waals surface area contributed by atoms with Crippen LogP contribution in [0.3, 0.4) is 0 Å². The molecule has 2 aromatic heterocycles. The van der Waals surface area contributed by atoms with Crippen LogP contribution in [0.25, 0.3) is 5.53 Å². The van der Waals surface area contributed by atoms with Gasteiger partial charge in [-0.2, -0.15) is 4.79 Å². The molecule has 0 aromatic carbocycles. The Hall–Kier alpha value is -2.73. The normalized spacial score (nSPS) is 9.00. The summed E-state index contributed by atoms with van der Waals surface area (Å²) in [6, 6.07) is 0. The van der Waals surface area contributed by atoms with E-state index in [4.69, 9.17) is 13.4 Å². The largest absolute Gasteiger partial charge is 0.361 e. The molecule has 0 aliphatic carbocycles. The van der Waals surface area contributed by atoms with E-state index in [0.717, 1.165) is 17.7 Å². The van der Waals surface area contributed by atoms with E-state index in [1.54, 1.807) is 6.92 Å². The fraction of sp³-hybridized carbons (Fsp3) is 0.438. The average molecular weight is 355 g/mol. The van der Waals surface area contributed by atoms with E-state index < -0.39 is 0 Å². The Bertz CT molecular complexity index is 752. The Morgan fingerprint density at radius 3 is 1.96 bits per heavy atom. The molecule has 3 radical (unpaired) electrons. The number of hydrogen-bond donors (Lipinski definition) is 0. The molecule has 0 amide bonds. The van der Waals surface area contributed by atoms with Gasteiger partial charge in [-0.25, -0.2) is 18.3 Å². The summed E-state index contributed by atoms with van der Waals surface area (Å²) in [5.41, 5.74) is 9.41. The first-order valence-electron chi connectivity index (χ1n) is 7.88. The van der Waals surface area contributed by atoms with Crippen LogP contribution in [0.4, 0.5) is 0 Å². The third kappa shape index (κ3) is 8.94. The number of ketones is 2. The van der Waals surface area contributed by atoms with Crippen molar-refractivity contribution < 1.29 is 23.5 Å². The molecule has 2 heterocycles. The van der Waals surface area contributed by atoms with Crippen molar-refractivity contribution in [3.8, 4) is 0 Å². The van der Waals surface area contributed by atoms with Crippen LogP contribution in [0.1, 0.15) is 13.8 Å². The number of aryl methyl sites for hydroxylation is 4. The molecule has 0 aliphatic heterocycles. The van der Waals surface area contributed by atoms with Gasteiger partial charge in [-0.1, -0.05) is 0 Å². The molecule has 2 aromatic rings. The number of carbonyl (C=O) groups excluding carboxylic acids is 2. The molecular formula is C16H25B2N6O2+2. The summed E-state index contributed by atoms with van der Waals surface area (Å²) < 4.78 is 7.70. The van der Waals surface area contributed by atoms with E-state index in [9.17, 15) is 9.59 Å². The van der Waals surface area contributed by atoms with Crippen molar-refractivity contribution in [3.63, 3.8) is 0 Å². The van der Waals surface area contributed by atoms with Crippen molar-refractivity contribution >= 4 is 44.4 Å². The van der Waals surface area contributed by atoms with Crippen LogP contribution in [0.15, 0.2) is 24.8 Å². The van der Waals surface area contributed by atoms with Crippen LogP contribution >= 0.6 is 0 Å². The Balaban J connectivity index is 0.000000388. The van der Waals surface area contributed by atoms with Crippen LogP contribution in [0.5, 0.6) is 0 Å². The number of rotatable bonds is 4. The first kappa shape index (κ1) is 23.3. The highest BCUT2D eigenvalue weighted by Crippen LogP contribution is 1.81. The SMILES string of the molecule is CC(=O)C=[N+]=[N-].CC(=O)C[B]c1n(C)cc[n+]1C.[B]c1n(C)cc[n+]1C. The van der Waals surface area contributed by atoms with Gasteiger partial charge < -0.3 is 10.3 Å². The molecule has 10 heteroatoms. The standard InChI is InChI=1S/C8H13BN2O.C5H8BN2.C3H4N2O/c1-7(12)6-9-8-10(2)4-5-11(8)3;1-7-3-4-8(2)5(7)6;1-3(6)2-5-4/h4-5H,6H2,1-3H3;3-4H,1-2H3;2H,1H3/q2*+1;. The predicted molar refractivity (Wildman–Crippen MR) is 99.8 cm³/mol. The monoisotopic (exact) mass is 355 g/mol. The Kier molecular flexibility index (Phi) is 10.5. The van der Waals surface area contributed by atoms with E-state index in [0.29, 0.717) is 6.32 Å². The highest BCUT2D eigenvalue weighted by molar-refractivity contribution is 6.54. The van der Waals surface area contributed by atoms with Crippen molar-refractivity contribution in [2.45, 2.75) is 20.2 Å². The molecule has 0 saturated heterocycles. The second-order valence-electron chi connectivity index (χ2n) is 5.72. The fourth-order valence-corrected chi connectivity index (χ4v) is 1.81. The zero-order valence-electron chi connectivity index (χ0n) is 16.2. The van der Waals surface area contributed by atoms with Gasteiger partial charge in [-0.15, -0.1) is 0 Å². The van der Waals surface area contributed by atoms with Gasteiger partial charge in [0.05, 0.1) is 28.2 Å². The maximum atomic E-state index is 10.7. The third-order valence-electron chi connectivity index (χ3n) is 3.28. The maximum absolute atomic E-state index is 10.7. The van der Waals surface area contributed by atoms with Crippen LogP contribution in [-0.4, -0.2) is 46.8 Å². The smallest absolute Gasteiger partial charge is 0.322 e. The molecule has 0 N–H and O–H groups in total. The molecule has 0 aliphatic rings. The summed E-state index contributed by atoms with van der Waals surface area (Å²) in [4.78, 5) is 22.9. The van der Waals surface area contributed by atoms with Crippen LogP contribution in [0.2, 0.25) is 6.32 Å². The van der Waals surface area contributed by atoms with Gasteiger partial charge in [0.2, 0.25) is 13.6 Å². The number of nitrogens with zero attached hydrogens (tertiary/aromatic N) is 6. The second kappa shape index (κ2) is 11.8. The quantitative estimate of drug-likeness (QED) is 0.203. The van der Waals surface area contributed by atoms with Gasteiger partial charge in [-0.05, 0) is 13.2 Å². The van der Waals surface area contributed by atoms with E-state index >= 15 is 0 Å². The number of hydrogen-bond acceptors (Lipinski definition) is 2. The van der Waals surface area contributed by atoms with Gasteiger partial charge in [0.25, 0.3) is 7.28 Å². The molecule has 0 fully saturated rings. The topological polar surface area (TPSA) is 88.2 Å². The van der Waals surface area contributed by atoms with Crippen molar-refractivity contribution in [1.82, 2.24) is 9.13 Å². The molecule has 135 valence electrons. The highest BCUT2D eigenvalue weighted by Gasteiger charge is 2.12. The molecule has 8 nitrogen and oxygen atoms in total. The minimum absolute atomic E-state index is 0.191. The molecule has 0 saturated carbocycles. The minimum Gasteiger partial charge on any atom is -0.361 e. The van der Waals surface area contributed by atoms with Gasteiger partial charge in [0, 0.05) is 6.92 Å². The Labute approximate surface area is 156 Å². The number of Topliss-reactive ketones (excluding diaryl/α,β-unsaturated/α-hetero) is 2. The summed E-state index contributed by atoms with van der Waals surface area (Å²) in [5.74, 6) is -0.0614. The maximum Gasteiger partial charge on any atom is 0.322 e. The van der Waals surface area contributed by atoms with Gasteiger partial charge in [0.15, 0.2) is 11.4 Å². The van der Waals surface area contributed by atoms with Crippen molar-refractivity contribution in [2.75, 3.05) is 0 Å². The van der Waals surface area contributed by atoms with Crippen LogP contribution < -0.4 is 20.6 Å². The molecule has 26 heavy (non-hydrogen) atoms. The van der Waals surface area contributed by atoms with Gasteiger partial charge in [0.1, 0.15) is 30.6 Å². The van der Waals surface area contributed by atoms with E-state index in [-0.39, 0.29) is 11.6 Å². The van der Waals surface area contributed by atoms with E-state index in [1.807, 2.05) is 78.5 Å². The lowest BCUT2D eigenvalue weighted by Gasteiger charge is -1.94. The summed E-state index contributed by atoms with van der Waals surface area (Å²) in [6.45, 7) is 2.90. The third-order valence-corrected chi connectivity index (χ3v) is 3.28. The van der Waals surface area contributed by atoms with Crippen molar-refractivity contribution in [2.24, 2.45) is 28.2 Å². The average Bonchev–Trinajstić information content (AvgIpc) is 3.03. The first-order chi connectivity index (χ1) is 12.1. The summed E-state index contributed by atoms with van der Waals surface area (Å²) in [6.07, 6.45) is 9.09. The summed E-state index contributed by atoms with van der Waals surface area (Å²) in [5, 5.41) is 0. The van der Waals surface area contributed by atoms with Gasteiger partial charge >= 0.3 is 6.21 Å². The Morgan fingerprint density at radius 1 is 1.19 bits per heavy atom. The summed E-state index contributed by atoms with van der Waals surface area (Å²) >= 11 is 0. The number of imidazole rings is 2. The molecule has 0 atom stereocenters. The fourth-order valence-electron chi connectivity index (χ4n) is 1.81. The molecule has 0 unspecified atom stereocenters. The molecular weight excluding hydrogens is 330 g/mol. The minimum atomic E-state index is -0.252. The first-order valence-corrected chi connectivity index (χ1v) is 7.88. The molecule has 0 spiro atoms. The molecule has 2 rings (SSSR count). The lowest BCUT2D eigenvalue weighted by molar-refractivity contribution is -0.653. The van der Waals surface area contributed by atoms with Crippen LogP contribution in [-0.2, 0) is 37.8 Å². The van der Waals surface area contributed by atoms with Crippen molar-refractivity contribution in [3.05, 3.63) is 30.3 Å². The second-order valence-corrected chi connectivity index (χ2v) is 5.72. The van der Waals surface area contributed by atoms with E-state index in [2.05, 4.69) is 4.79 Å².